The predicted octanol–water partition coefficient (Wildman–Crippen LogP) is 2.01. The highest BCUT2D eigenvalue weighted by Crippen LogP contribution is 2.31. The van der Waals surface area contributed by atoms with E-state index < -0.39 is 17.6 Å². The van der Waals surface area contributed by atoms with Crippen molar-refractivity contribution in [3.8, 4) is 16.8 Å². The zero-order valence-electron chi connectivity index (χ0n) is 19.1. The number of nitrogens with zero attached hydrogens (tertiary/aromatic N) is 6. The summed E-state index contributed by atoms with van der Waals surface area (Å²) in [6, 6.07) is 11.4. The predicted molar refractivity (Wildman–Crippen MR) is 129 cm³/mol. The number of halogens is 1. The van der Waals surface area contributed by atoms with Crippen molar-refractivity contribution >= 4 is 28.4 Å². The number of aryl methyl sites for hydroxylation is 2. The van der Waals surface area contributed by atoms with Crippen LogP contribution >= 0.6 is 0 Å². The lowest BCUT2D eigenvalue weighted by Gasteiger charge is -2.08. The largest absolute Gasteiger partial charge is 0.366 e. The topological polar surface area (TPSA) is 143 Å². The maximum atomic E-state index is 15.8. The minimum Gasteiger partial charge on any atom is -0.366 e. The fourth-order valence-electron chi connectivity index (χ4n) is 3.89. The van der Waals surface area contributed by atoms with E-state index in [9.17, 15) is 14.4 Å². The van der Waals surface area contributed by atoms with Gasteiger partial charge in [-0.2, -0.15) is 10.2 Å². The molecular weight excluding hydrogens is 467 g/mol. The van der Waals surface area contributed by atoms with Crippen LogP contribution in [0.2, 0.25) is 0 Å². The molecule has 2 aromatic carbocycles. The van der Waals surface area contributed by atoms with Crippen molar-refractivity contribution in [3.05, 3.63) is 88.7 Å². The molecule has 5 aromatic rings. The van der Waals surface area contributed by atoms with E-state index in [0.29, 0.717) is 16.8 Å². The lowest BCUT2D eigenvalue weighted by Crippen LogP contribution is -2.21. The van der Waals surface area contributed by atoms with Crippen molar-refractivity contribution in [3.63, 3.8) is 0 Å². The average Bonchev–Trinajstić information content (AvgIpc) is 3.39. The van der Waals surface area contributed by atoms with Gasteiger partial charge >= 0.3 is 5.69 Å². The summed E-state index contributed by atoms with van der Waals surface area (Å²) in [5.41, 5.74) is 6.96. The molecule has 180 valence electrons. The van der Waals surface area contributed by atoms with Gasteiger partial charge in [-0.05, 0) is 35.9 Å². The number of carbonyl (C=O) groups excluding carboxylic acids is 2. The molecule has 5 rings (SSSR count). The van der Waals surface area contributed by atoms with Gasteiger partial charge in [0, 0.05) is 25.9 Å². The first-order valence-corrected chi connectivity index (χ1v) is 10.7. The van der Waals surface area contributed by atoms with E-state index in [1.807, 2.05) is 0 Å². The molecule has 2 amide bonds. The van der Waals surface area contributed by atoms with Gasteiger partial charge in [-0.15, -0.1) is 0 Å². The summed E-state index contributed by atoms with van der Waals surface area (Å²) in [6.07, 6.45) is 4.02. The third-order valence-electron chi connectivity index (χ3n) is 5.73. The van der Waals surface area contributed by atoms with Gasteiger partial charge in [-0.25, -0.2) is 18.4 Å². The SMILES string of the molecule is Cn1ncn(-c2ccc(-c3ccc4c(c(C(=O)Nc5cncc(C(N)=O)c5)nn4C)c3F)cc2)c1=O. The average molecular weight is 486 g/mol. The van der Waals surface area contributed by atoms with Crippen LogP contribution in [0.25, 0.3) is 27.7 Å². The fraction of sp³-hybridized carbons (Fsp3) is 0.0833. The van der Waals surface area contributed by atoms with Crippen LogP contribution in [0.15, 0.2) is 66.0 Å². The maximum absolute atomic E-state index is 15.8. The second kappa shape index (κ2) is 8.58. The highest BCUT2D eigenvalue weighted by molar-refractivity contribution is 6.12. The fourth-order valence-corrected chi connectivity index (χ4v) is 3.89. The van der Waals surface area contributed by atoms with E-state index in [4.69, 9.17) is 5.73 Å². The Morgan fingerprint density at radius 2 is 1.78 bits per heavy atom. The smallest absolute Gasteiger partial charge is 0.350 e. The Balaban J connectivity index is 1.53. The summed E-state index contributed by atoms with van der Waals surface area (Å²) >= 11 is 0. The molecule has 36 heavy (non-hydrogen) atoms. The van der Waals surface area contributed by atoms with Crippen LogP contribution in [-0.2, 0) is 14.1 Å². The summed E-state index contributed by atoms with van der Waals surface area (Å²) in [6.45, 7) is 0. The van der Waals surface area contributed by atoms with Crippen LogP contribution < -0.4 is 16.7 Å². The third-order valence-corrected chi connectivity index (χ3v) is 5.73. The zero-order valence-corrected chi connectivity index (χ0v) is 19.1. The van der Waals surface area contributed by atoms with E-state index in [2.05, 4.69) is 20.5 Å². The molecule has 0 unspecified atom stereocenters. The molecule has 11 nitrogen and oxygen atoms in total. The van der Waals surface area contributed by atoms with Crippen LogP contribution in [0, 0.1) is 5.82 Å². The molecule has 12 heteroatoms. The highest BCUT2D eigenvalue weighted by Gasteiger charge is 2.22. The number of pyridine rings is 1. The van der Waals surface area contributed by atoms with E-state index >= 15 is 4.39 Å². The van der Waals surface area contributed by atoms with Crippen molar-refractivity contribution in [2.24, 2.45) is 19.8 Å². The summed E-state index contributed by atoms with van der Waals surface area (Å²) in [4.78, 5) is 40.5. The molecule has 3 aromatic heterocycles. The lowest BCUT2D eigenvalue weighted by atomic mass is 10.0. The Hall–Kier alpha value is -5.13. The Labute approximate surface area is 202 Å². The maximum Gasteiger partial charge on any atom is 0.350 e. The van der Waals surface area contributed by atoms with Crippen molar-refractivity contribution in [2.75, 3.05) is 5.32 Å². The number of amides is 2. The van der Waals surface area contributed by atoms with Crippen molar-refractivity contribution in [2.45, 2.75) is 0 Å². The van der Waals surface area contributed by atoms with Crippen molar-refractivity contribution in [1.82, 2.24) is 29.1 Å². The molecule has 0 radical (unpaired) electrons. The van der Waals surface area contributed by atoms with Gasteiger partial charge < -0.3 is 11.1 Å². The quantitative estimate of drug-likeness (QED) is 0.389. The van der Waals surface area contributed by atoms with Crippen LogP contribution in [0.4, 0.5) is 10.1 Å². The van der Waals surface area contributed by atoms with E-state index in [-0.39, 0.29) is 33.6 Å². The molecule has 0 bridgehead atoms. The van der Waals surface area contributed by atoms with E-state index in [1.54, 1.807) is 50.5 Å². The standard InChI is InChI=1S/C24H19FN8O3/c1-31-18-8-7-17(13-3-5-16(6-4-13)33-12-28-32(2)24(33)36)20(25)19(18)21(30-31)23(35)29-15-9-14(22(26)34)10-27-11-15/h3-12H,1-2H3,(H2,26,34)(H,29,35). The summed E-state index contributed by atoms with van der Waals surface area (Å²) in [5, 5.41) is 10.8. The number of nitrogens with two attached hydrogens (primary N) is 1. The summed E-state index contributed by atoms with van der Waals surface area (Å²) in [5.74, 6) is -2.00. The van der Waals surface area contributed by atoms with Crippen molar-refractivity contribution in [1.29, 1.82) is 0 Å². The van der Waals surface area contributed by atoms with Gasteiger partial charge in [-0.3, -0.25) is 19.3 Å². The minimum absolute atomic E-state index is 0.0408. The Morgan fingerprint density at radius 3 is 2.44 bits per heavy atom. The number of anilines is 1. The molecule has 0 spiro atoms. The van der Waals surface area contributed by atoms with Gasteiger partial charge in [0.05, 0.1) is 34.0 Å². The Bertz CT molecular complexity index is 1720. The van der Waals surface area contributed by atoms with Crippen LogP contribution in [-0.4, -0.2) is 40.9 Å². The van der Waals surface area contributed by atoms with E-state index in [1.165, 1.54) is 38.7 Å². The number of fused-ring (bicyclic) bond motifs is 1. The first-order valence-electron chi connectivity index (χ1n) is 10.7. The highest BCUT2D eigenvalue weighted by atomic mass is 19.1. The van der Waals surface area contributed by atoms with Gasteiger partial charge in [0.15, 0.2) is 5.69 Å². The number of carbonyl (C=O) groups is 2. The molecule has 0 aliphatic heterocycles. The molecule has 0 fully saturated rings. The van der Waals surface area contributed by atoms with Crippen LogP contribution in [0.1, 0.15) is 20.8 Å². The third kappa shape index (κ3) is 3.79. The monoisotopic (exact) mass is 486 g/mol. The number of primary amides is 1. The Kier molecular flexibility index (Phi) is 5.40. The van der Waals surface area contributed by atoms with Crippen molar-refractivity contribution < 1.29 is 14.0 Å². The van der Waals surface area contributed by atoms with Gasteiger partial charge in [-0.1, -0.05) is 12.1 Å². The van der Waals surface area contributed by atoms with Gasteiger partial charge in [0.25, 0.3) is 5.91 Å². The molecule has 0 aliphatic rings. The molecule has 3 heterocycles. The molecule has 3 N–H and O–H groups in total. The molecule has 0 aliphatic carbocycles. The van der Waals surface area contributed by atoms with Gasteiger partial charge in [0.1, 0.15) is 12.1 Å². The summed E-state index contributed by atoms with van der Waals surface area (Å²) in [7, 11) is 3.15. The summed E-state index contributed by atoms with van der Waals surface area (Å²) < 4.78 is 19.8. The Morgan fingerprint density at radius 1 is 1.03 bits per heavy atom. The number of aromatic nitrogens is 6. The van der Waals surface area contributed by atoms with Gasteiger partial charge in [0.2, 0.25) is 5.91 Å². The number of hydrogen-bond donors (Lipinski definition) is 2. The number of rotatable bonds is 5. The van der Waals surface area contributed by atoms with Crippen LogP contribution in [0.5, 0.6) is 0 Å². The van der Waals surface area contributed by atoms with E-state index in [0.717, 1.165) is 0 Å². The molecular formula is C24H19FN8O3. The number of benzene rings is 2. The molecule has 0 saturated carbocycles. The lowest BCUT2D eigenvalue weighted by molar-refractivity contribution is 0.0995. The second-order valence-electron chi connectivity index (χ2n) is 8.03. The zero-order chi connectivity index (χ0) is 25.6. The molecule has 0 atom stereocenters. The first kappa shape index (κ1) is 22.7. The minimum atomic E-state index is -0.697. The normalized spacial score (nSPS) is 11.1. The second-order valence-corrected chi connectivity index (χ2v) is 8.03. The first-order chi connectivity index (χ1) is 17.2. The molecule has 0 saturated heterocycles. The van der Waals surface area contributed by atoms with Crippen LogP contribution in [0.3, 0.4) is 0 Å². The number of nitrogens with one attached hydrogen (secondary N) is 1. The number of hydrogen-bond acceptors (Lipinski definition) is 6.